The Morgan fingerprint density at radius 3 is 2.88 bits per heavy atom. The van der Waals surface area contributed by atoms with E-state index in [4.69, 9.17) is 22.1 Å². The first-order valence-corrected chi connectivity index (χ1v) is 8.27. The van der Waals surface area contributed by atoms with Crippen molar-refractivity contribution in [3.8, 4) is 5.75 Å². The second-order valence-corrected chi connectivity index (χ2v) is 6.23. The highest BCUT2D eigenvalue weighted by Gasteiger charge is 2.25. The van der Waals surface area contributed by atoms with Crippen molar-refractivity contribution in [3.05, 3.63) is 47.1 Å². The van der Waals surface area contributed by atoms with Crippen molar-refractivity contribution in [2.24, 2.45) is 11.7 Å². The van der Waals surface area contributed by atoms with Crippen LogP contribution in [0.15, 0.2) is 36.4 Å². The summed E-state index contributed by atoms with van der Waals surface area (Å²) in [6, 6.07) is 11.2. The van der Waals surface area contributed by atoms with Gasteiger partial charge in [-0.1, -0.05) is 29.8 Å². The van der Waals surface area contributed by atoms with Crippen LogP contribution in [0.1, 0.15) is 23.2 Å². The van der Waals surface area contributed by atoms with E-state index in [0.717, 1.165) is 31.7 Å². The van der Waals surface area contributed by atoms with Crippen molar-refractivity contribution >= 4 is 23.3 Å². The largest absolute Gasteiger partial charge is 0.493 e. The molecule has 0 bridgehead atoms. The van der Waals surface area contributed by atoms with Crippen LogP contribution < -0.4 is 15.4 Å². The first-order chi connectivity index (χ1) is 11.6. The number of nitrogens with two attached hydrogens (primary N) is 1. The molecule has 1 aromatic carbocycles. The highest BCUT2D eigenvalue weighted by molar-refractivity contribution is 6.29. The highest BCUT2D eigenvalue weighted by Crippen LogP contribution is 2.26. The molecule has 24 heavy (non-hydrogen) atoms. The van der Waals surface area contributed by atoms with Crippen molar-refractivity contribution in [2.75, 3.05) is 24.6 Å². The number of carbonyl (C=O) groups is 1. The van der Waals surface area contributed by atoms with E-state index in [1.165, 1.54) is 6.07 Å². The third-order valence-electron chi connectivity index (χ3n) is 4.06. The van der Waals surface area contributed by atoms with E-state index in [2.05, 4.69) is 10.2 Å². The molecule has 1 aromatic heterocycles. The molecule has 1 aliphatic heterocycles. The van der Waals surface area contributed by atoms with E-state index in [1.807, 2.05) is 35.2 Å². The fraction of sp³-hybridized carbons (Fsp3) is 0.353. The number of ether oxygens (including phenoxy) is 1. The Bertz CT molecular complexity index is 711. The fourth-order valence-electron chi connectivity index (χ4n) is 2.90. The molecule has 1 saturated heterocycles. The van der Waals surface area contributed by atoms with Crippen LogP contribution in [0, 0.1) is 5.92 Å². The zero-order chi connectivity index (χ0) is 16.9. The van der Waals surface area contributed by atoms with Gasteiger partial charge in [0.25, 0.3) is 5.91 Å². The minimum Gasteiger partial charge on any atom is -0.493 e. The van der Waals surface area contributed by atoms with Crippen molar-refractivity contribution in [2.45, 2.75) is 12.8 Å². The molecule has 2 N–H and O–H groups in total. The molecule has 2 aromatic rings. The molecule has 3 rings (SSSR count). The maximum atomic E-state index is 11.7. The minimum absolute atomic E-state index is 0.161. The number of para-hydroxylation sites is 1. The van der Waals surface area contributed by atoms with Crippen LogP contribution in [0.4, 0.5) is 5.82 Å². The lowest BCUT2D eigenvalue weighted by Crippen LogP contribution is -2.39. The zero-order valence-corrected chi connectivity index (χ0v) is 13.9. The molecular weight excluding hydrogens is 328 g/mol. The maximum Gasteiger partial charge on any atom is 0.252 e. The summed E-state index contributed by atoms with van der Waals surface area (Å²) in [6.45, 7) is 2.16. The topological polar surface area (TPSA) is 81.3 Å². The Morgan fingerprint density at radius 2 is 2.12 bits per heavy atom. The van der Waals surface area contributed by atoms with E-state index in [0.29, 0.717) is 23.9 Å². The standard InChI is InChI=1S/C17H19ClN4O2/c18-15-9-14(16(19)23)17(21-20-15)22-8-4-5-12(10-22)11-24-13-6-2-1-3-7-13/h1-3,6-7,9,12H,4-5,8,10-11H2,(H2,19,23)/t12-/m0/s1. The van der Waals surface area contributed by atoms with E-state index >= 15 is 0 Å². The number of anilines is 1. The van der Waals surface area contributed by atoms with Gasteiger partial charge in [-0.25, -0.2) is 0 Å². The minimum atomic E-state index is -0.551. The number of nitrogens with zero attached hydrogens (tertiary/aromatic N) is 3. The van der Waals surface area contributed by atoms with Crippen molar-refractivity contribution < 1.29 is 9.53 Å². The molecule has 0 saturated carbocycles. The van der Waals surface area contributed by atoms with Gasteiger partial charge in [0.2, 0.25) is 0 Å². The molecule has 1 aliphatic rings. The van der Waals surface area contributed by atoms with Gasteiger partial charge < -0.3 is 15.4 Å². The number of aromatic nitrogens is 2. The summed E-state index contributed by atoms with van der Waals surface area (Å²) in [5, 5.41) is 8.09. The monoisotopic (exact) mass is 346 g/mol. The molecule has 7 heteroatoms. The van der Waals surface area contributed by atoms with Crippen LogP contribution in [0.2, 0.25) is 5.15 Å². The summed E-state index contributed by atoms with van der Waals surface area (Å²) < 4.78 is 5.85. The Labute approximate surface area is 145 Å². The number of hydrogen-bond acceptors (Lipinski definition) is 5. The summed E-state index contributed by atoms with van der Waals surface area (Å²) >= 11 is 5.83. The number of halogens is 1. The third kappa shape index (κ3) is 3.94. The predicted molar refractivity (Wildman–Crippen MR) is 92.4 cm³/mol. The zero-order valence-electron chi connectivity index (χ0n) is 13.2. The third-order valence-corrected chi connectivity index (χ3v) is 4.24. The van der Waals surface area contributed by atoms with E-state index in [-0.39, 0.29) is 5.15 Å². The van der Waals surface area contributed by atoms with Crippen molar-refractivity contribution in [3.63, 3.8) is 0 Å². The normalized spacial score (nSPS) is 17.5. The van der Waals surface area contributed by atoms with Gasteiger partial charge in [-0.15, -0.1) is 10.2 Å². The SMILES string of the molecule is NC(=O)c1cc(Cl)nnc1N1CCC[C@H](COc2ccccc2)C1. The lowest BCUT2D eigenvalue weighted by atomic mass is 9.98. The second-order valence-electron chi connectivity index (χ2n) is 5.85. The van der Waals surface area contributed by atoms with Gasteiger partial charge in [-0.3, -0.25) is 4.79 Å². The van der Waals surface area contributed by atoms with Gasteiger partial charge in [0, 0.05) is 19.0 Å². The maximum absolute atomic E-state index is 11.7. The molecule has 1 amide bonds. The Kier molecular flexibility index (Phi) is 5.15. The summed E-state index contributed by atoms with van der Waals surface area (Å²) in [6.07, 6.45) is 2.06. The first-order valence-electron chi connectivity index (χ1n) is 7.89. The number of hydrogen-bond donors (Lipinski definition) is 1. The molecule has 2 heterocycles. The number of primary amides is 1. The van der Waals surface area contributed by atoms with Crippen LogP contribution in [0.25, 0.3) is 0 Å². The van der Waals surface area contributed by atoms with Crippen LogP contribution in [-0.4, -0.2) is 35.8 Å². The molecule has 0 unspecified atom stereocenters. The van der Waals surface area contributed by atoms with Crippen LogP contribution in [0.5, 0.6) is 5.75 Å². The van der Waals surface area contributed by atoms with E-state index in [1.54, 1.807) is 0 Å². The van der Waals surface area contributed by atoms with E-state index in [9.17, 15) is 4.79 Å². The van der Waals surface area contributed by atoms with Gasteiger partial charge in [0.15, 0.2) is 11.0 Å². The average Bonchev–Trinajstić information content (AvgIpc) is 2.61. The predicted octanol–water partition coefficient (Wildman–Crippen LogP) is 2.52. The van der Waals surface area contributed by atoms with Crippen molar-refractivity contribution in [1.29, 1.82) is 0 Å². The van der Waals surface area contributed by atoms with Crippen LogP contribution in [-0.2, 0) is 0 Å². The quantitative estimate of drug-likeness (QED) is 0.899. The highest BCUT2D eigenvalue weighted by atomic mass is 35.5. The Balaban J connectivity index is 1.68. The van der Waals surface area contributed by atoms with Gasteiger partial charge in [-0.2, -0.15) is 0 Å². The molecule has 1 atom stereocenters. The van der Waals surface area contributed by atoms with Gasteiger partial charge in [-0.05, 0) is 31.0 Å². The molecule has 0 radical (unpaired) electrons. The van der Waals surface area contributed by atoms with Crippen LogP contribution in [0.3, 0.4) is 0 Å². The Morgan fingerprint density at radius 1 is 1.33 bits per heavy atom. The number of amides is 1. The lowest BCUT2D eigenvalue weighted by Gasteiger charge is -2.33. The fourth-order valence-corrected chi connectivity index (χ4v) is 3.05. The van der Waals surface area contributed by atoms with Gasteiger partial charge >= 0.3 is 0 Å². The van der Waals surface area contributed by atoms with Gasteiger partial charge in [0.05, 0.1) is 12.2 Å². The molecular formula is C17H19ClN4O2. The second kappa shape index (κ2) is 7.49. The number of piperidine rings is 1. The van der Waals surface area contributed by atoms with Crippen molar-refractivity contribution in [1.82, 2.24) is 10.2 Å². The average molecular weight is 347 g/mol. The first kappa shape index (κ1) is 16.5. The molecule has 1 fully saturated rings. The number of rotatable bonds is 5. The molecule has 126 valence electrons. The molecule has 0 spiro atoms. The summed E-state index contributed by atoms with van der Waals surface area (Å²) in [4.78, 5) is 13.7. The smallest absolute Gasteiger partial charge is 0.252 e. The lowest BCUT2D eigenvalue weighted by molar-refractivity contribution is 0.1000. The Hall–Kier alpha value is -2.34. The number of carbonyl (C=O) groups excluding carboxylic acids is 1. The summed E-state index contributed by atoms with van der Waals surface area (Å²) in [5.41, 5.74) is 5.75. The van der Waals surface area contributed by atoms with Gasteiger partial charge in [0.1, 0.15) is 5.75 Å². The van der Waals surface area contributed by atoms with Crippen LogP contribution >= 0.6 is 11.6 Å². The molecule has 6 nitrogen and oxygen atoms in total. The number of benzene rings is 1. The van der Waals surface area contributed by atoms with E-state index < -0.39 is 5.91 Å². The summed E-state index contributed by atoms with van der Waals surface area (Å²) in [7, 11) is 0. The molecule has 0 aliphatic carbocycles. The summed E-state index contributed by atoms with van der Waals surface area (Å²) in [5.74, 6) is 1.15.